The van der Waals surface area contributed by atoms with Gasteiger partial charge in [-0.05, 0) is 24.3 Å². The van der Waals surface area contributed by atoms with Crippen LogP contribution in [0.3, 0.4) is 0 Å². The second-order valence-corrected chi connectivity index (χ2v) is 6.94. The van der Waals surface area contributed by atoms with Crippen LogP contribution in [-0.4, -0.2) is 56.8 Å². The average molecular weight is 360 g/mol. The van der Waals surface area contributed by atoms with Crippen molar-refractivity contribution in [1.29, 1.82) is 0 Å². The summed E-state index contributed by atoms with van der Waals surface area (Å²) in [5, 5.41) is 13.0. The van der Waals surface area contributed by atoms with E-state index in [9.17, 15) is 9.18 Å². The molecule has 0 saturated carbocycles. The van der Waals surface area contributed by atoms with Crippen molar-refractivity contribution in [3.8, 4) is 0 Å². The molecule has 0 unspecified atom stereocenters. The van der Waals surface area contributed by atoms with Gasteiger partial charge >= 0.3 is 0 Å². The second-order valence-electron chi connectivity index (χ2n) is 5.90. The van der Waals surface area contributed by atoms with Crippen LogP contribution in [0.1, 0.15) is 11.4 Å². The molecule has 25 heavy (non-hydrogen) atoms. The van der Waals surface area contributed by atoms with E-state index in [1.807, 2.05) is 4.90 Å². The Morgan fingerprint density at radius 2 is 1.92 bits per heavy atom. The summed E-state index contributed by atoms with van der Waals surface area (Å²) < 4.78 is 14.6. The minimum Gasteiger partial charge on any atom is -0.368 e. The Bertz CT molecular complexity index is 840. The van der Waals surface area contributed by atoms with Crippen molar-refractivity contribution in [2.45, 2.75) is 12.8 Å². The third-order valence-corrected chi connectivity index (χ3v) is 5.28. The van der Waals surface area contributed by atoms with Crippen LogP contribution in [0, 0.1) is 5.82 Å². The number of piperazine rings is 1. The van der Waals surface area contributed by atoms with Crippen LogP contribution < -0.4 is 4.90 Å². The number of carbonyl (C=O) groups is 1. The summed E-state index contributed by atoms with van der Waals surface area (Å²) >= 11 is 1.46. The molecule has 0 bridgehead atoms. The van der Waals surface area contributed by atoms with E-state index < -0.39 is 0 Å². The highest BCUT2D eigenvalue weighted by Gasteiger charge is 2.21. The average Bonchev–Trinajstić information content (AvgIpc) is 3.22. The van der Waals surface area contributed by atoms with Gasteiger partial charge in [0.05, 0.1) is 0 Å². The first kappa shape index (κ1) is 15.9. The molecular formula is C16H17FN6OS. The molecule has 3 heterocycles. The number of aryl methyl sites for hydroxylation is 1. The Balaban J connectivity index is 1.29. The lowest BCUT2D eigenvalue weighted by Crippen LogP contribution is -2.48. The number of fused-ring (bicyclic) bond motifs is 1. The van der Waals surface area contributed by atoms with Crippen molar-refractivity contribution in [2.75, 3.05) is 31.1 Å². The molecule has 1 aliphatic rings. The summed E-state index contributed by atoms with van der Waals surface area (Å²) in [5.74, 6) is -0.0901. The molecule has 1 aromatic carbocycles. The van der Waals surface area contributed by atoms with Gasteiger partial charge in [0, 0.05) is 44.7 Å². The van der Waals surface area contributed by atoms with Gasteiger partial charge < -0.3 is 9.80 Å². The molecule has 1 aliphatic heterocycles. The van der Waals surface area contributed by atoms with E-state index in [0.29, 0.717) is 25.9 Å². The van der Waals surface area contributed by atoms with Gasteiger partial charge in [-0.3, -0.25) is 4.79 Å². The number of amides is 1. The molecule has 2 aromatic heterocycles. The highest BCUT2D eigenvalue weighted by Crippen LogP contribution is 2.18. The molecule has 0 radical (unpaired) electrons. The first-order valence-electron chi connectivity index (χ1n) is 8.13. The normalized spacial score (nSPS) is 15.1. The van der Waals surface area contributed by atoms with E-state index >= 15 is 0 Å². The van der Waals surface area contributed by atoms with Gasteiger partial charge in [-0.1, -0.05) is 11.3 Å². The monoisotopic (exact) mass is 360 g/mol. The van der Waals surface area contributed by atoms with Crippen molar-refractivity contribution in [2.24, 2.45) is 0 Å². The largest absolute Gasteiger partial charge is 0.368 e. The molecule has 4 rings (SSSR count). The third-order valence-electron chi connectivity index (χ3n) is 4.31. The molecule has 0 spiro atoms. The number of anilines is 1. The zero-order valence-corrected chi connectivity index (χ0v) is 14.3. The third kappa shape index (κ3) is 3.46. The maximum atomic E-state index is 13.0. The maximum Gasteiger partial charge on any atom is 0.234 e. The summed E-state index contributed by atoms with van der Waals surface area (Å²) in [6.45, 7) is 2.88. The van der Waals surface area contributed by atoms with Gasteiger partial charge in [0.25, 0.3) is 0 Å². The minimum absolute atomic E-state index is 0.143. The molecule has 1 amide bonds. The molecular weight excluding hydrogens is 343 g/mol. The van der Waals surface area contributed by atoms with E-state index in [4.69, 9.17) is 0 Å². The summed E-state index contributed by atoms with van der Waals surface area (Å²) in [4.78, 5) is 17.2. The van der Waals surface area contributed by atoms with Crippen LogP contribution in [0.4, 0.5) is 10.1 Å². The SMILES string of the molecule is O=C(CCc1nn2cnnc2s1)N1CCN(c2ccc(F)cc2)CC1. The molecule has 1 saturated heterocycles. The smallest absolute Gasteiger partial charge is 0.234 e. The van der Waals surface area contributed by atoms with E-state index in [1.165, 1.54) is 23.5 Å². The Labute approximate surface area is 147 Å². The van der Waals surface area contributed by atoms with E-state index in [-0.39, 0.29) is 11.7 Å². The standard InChI is InChI=1S/C16H17FN6OS/c17-12-1-3-13(4-2-12)21-7-9-22(10-8-21)15(24)6-5-14-20-23-11-18-19-16(23)25-14/h1-4,11H,5-10H2. The molecule has 9 heteroatoms. The summed E-state index contributed by atoms with van der Waals surface area (Å²) in [6.07, 6.45) is 2.62. The molecule has 0 N–H and O–H groups in total. The van der Waals surface area contributed by atoms with E-state index in [2.05, 4.69) is 20.2 Å². The Hall–Kier alpha value is -2.55. The molecule has 0 aliphatic carbocycles. The number of aromatic nitrogens is 4. The summed E-state index contributed by atoms with van der Waals surface area (Å²) in [6, 6.07) is 6.49. The van der Waals surface area contributed by atoms with Gasteiger partial charge in [-0.2, -0.15) is 9.61 Å². The number of hydrogen-bond donors (Lipinski definition) is 0. The maximum absolute atomic E-state index is 13.0. The zero-order chi connectivity index (χ0) is 17.2. The fraction of sp³-hybridized carbons (Fsp3) is 0.375. The number of carbonyl (C=O) groups excluding carboxylic acids is 1. The zero-order valence-electron chi connectivity index (χ0n) is 13.5. The van der Waals surface area contributed by atoms with Crippen LogP contribution in [0.5, 0.6) is 0 Å². The van der Waals surface area contributed by atoms with Gasteiger partial charge in [0.15, 0.2) is 0 Å². The lowest BCUT2D eigenvalue weighted by Gasteiger charge is -2.36. The highest BCUT2D eigenvalue weighted by molar-refractivity contribution is 7.16. The van der Waals surface area contributed by atoms with Crippen molar-refractivity contribution in [1.82, 2.24) is 24.7 Å². The molecule has 3 aromatic rings. The lowest BCUT2D eigenvalue weighted by atomic mass is 10.2. The lowest BCUT2D eigenvalue weighted by molar-refractivity contribution is -0.131. The first-order valence-corrected chi connectivity index (χ1v) is 8.95. The predicted octanol–water partition coefficient (Wildman–Crippen LogP) is 1.61. The van der Waals surface area contributed by atoms with E-state index in [0.717, 1.165) is 28.7 Å². The predicted molar refractivity (Wildman–Crippen MR) is 92.2 cm³/mol. The van der Waals surface area contributed by atoms with Crippen LogP contribution in [0.15, 0.2) is 30.6 Å². The summed E-state index contributed by atoms with van der Waals surface area (Å²) in [5.41, 5.74) is 0.994. The molecule has 0 atom stereocenters. The van der Waals surface area contributed by atoms with Crippen molar-refractivity contribution < 1.29 is 9.18 Å². The molecule has 7 nitrogen and oxygen atoms in total. The Morgan fingerprint density at radius 3 is 2.64 bits per heavy atom. The van der Waals surface area contributed by atoms with Crippen molar-refractivity contribution in [3.05, 3.63) is 41.4 Å². The molecule has 130 valence electrons. The van der Waals surface area contributed by atoms with Gasteiger partial charge in [-0.25, -0.2) is 4.39 Å². The first-order chi connectivity index (χ1) is 12.2. The van der Waals surface area contributed by atoms with Gasteiger partial charge in [0.1, 0.15) is 17.2 Å². The second kappa shape index (κ2) is 6.75. The van der Waals surface area contributed by atoms with Crippen molar-refractivity contribution >= 4 is 27.9 Å². The quantitative estimate of drug-likeness (QED) is 0.707. The van der Waals surface area contributed by atoms with Crippen molar-refractivity contribution in [3.63, 3.8) is 0 Å². The van der Waals surface area contributed by atoms with Crippen LogP contribution in [0.25, 0.3) is 4.96 Å². The number of hydrogen-bond acceptors (Lipinski definition) is 6. The minimum atomic E-state index is -0.233. The van der Waals surface area contributed by atoms with Gasteiger partial charge in [-0.15, -0.1) is 10.2 Å². The van der Waals surface area contributed by atoms with Crippen LogP contribution in [-0.2, 0) is 11.2 Å². The topological polar surface area (TPSA) is 66.6 Å². The summed E-state index contributed by atoms with van der Waals surface area (Å²) in [7, 11) is 0. The number of halogens is 1. The van der Waals surface area contributed by atoms with Crippen LogP contribution in [0.2, 0.25) is 0 Å². The fourth-order valence-corrected chi connectivity index (χ4v) is 3.75. The highest BCUT2D eigenvalue weighted by atomic mass is 32.1. The van der Waals surface area contributed by atoms with Gasteiger partial charge in [0.2, 0.25) is 10.9 Å². The number of rotatable bonds is 4. The number of benzene rings is 1. The molecule has 1 fully saturated rings. The Kier molecular flexibility index (Phi) is 4.31. The number of nitrogens with zero attached hydrogens (tertiary/aromatic N) is 6. The Morgan fingerprint density at radius 1 is 1.16 bits per heavy atom. The fourth-order valence-electron chi connectivity index (χ4n) is 2.94. The van der Waals surface area contributed by atoms with E-state index in [1.54, 1.807) is 23.0 Å². The van der Waals surface area contributed by atoms with Crippen LogP contribution >= 0.6 is 11.3 Å².